The Hall–Kier alpha value is -2.06. The molecule has 3 rings (SSSR count). The van der Waals surface area contributed by atoms with Gasteiger partial charge in [0.15, 0.2) is 0 Å². The van der Waals surface area contributed by atoms with Crippen molar-refractivity contribution in [3.05, 3.63) is 58.6 Å². The Morgan fingerprint density at radius 1 is 1.09 bits per heavy atom. The van der Waals surface area contributed by atoms with Crippen LogP contribution in [-0.4, -0.2) is 25.6 Å². The number of nitro benzene ring substituents is 1. The fraction of sp³-hybridized carbons (Fsp3) is 0.200. The van der Waals surface area contributed by atoms with Gasteiger partial charge in [0.25, 0.3) is 15.7 Å². The Balaban J connectivity index is 2.04. The van der Waals surface area contributed by atoms with Crippen LogP contribution in [0.25, 0.3) is 0 Å². The van der Waals surface area contributed by atoms with E-state index in [2.05, 4.69) is 0 Å². The van der Waals surface area contributed by atoms with E-state index in [9.17, 15) is 18.5 Å². The first-order chi connectivity index (χ1) is 11.0. The molecule has 6 nitrogen and oxygen atoms in total. The van der Waals surface area contributed by atoms with E-state index in [1.807, 2.05) is 18.2 Å². The molecule has 0 aromatic heterocycles. The second-order valence-corrected chi connectivity index (χ2v) is 8.00. The number of anilines is 1. The highest BCUT2D eigenvalue weighted by Gasteiger charge is 2.28. The van der Waals surface area contributed by atoms with Crippen molar-refractivity contribution in [2.75, 3.05) is 16.6 Å². The molecule has 2 aromatic rings. The monoisotopic (exact) mass is 350 g/mol. The minimum atomic E-state index is -3.74. The SMILES string of the molecule is O=[N+]([O-])c1ccc(S(=O)(=O)N2CCCSc3ccccc32)cc1. The van der Waals surface area contributed by atoms with Crippen LogP contribution in [0.1, 0.15) is 6.42 Å². The lowest BCUT2D eigenvalue weighted by Gasteiger charge is -2.24. The molecule has 1 aliphatic rings. The first-order valence-corrected chi connectivity index (χ1v) is 9.42. The van der Waals surface area contributed by atoms with Gasteiger partial charge in [0, 0.05) is 23.6 Å². The molecule has 0 saturated heterocycles. The highest BCUT2D eigenvalue weighted by atomic mass is 32.2. The minimum absolute atomic E-state index is 0.0600. The quantitative estimate of drug-likeness (QED) is 0.627. The van der Waals surface area contributed by atoms with Crippen LogP contribution < -0.4 is 4.31 Å². The molecule has 0 radical (unpaired) electrons. The number of sulfonamides is 1. The highest BCUT2D eigenvalue weighted by Crippen LogP contribution is 2.36. The zero-order valence-electron chi connectivity index (χ0n) is 12.1. The van der Waals surface area contributed by atoms with Crippen molar-refractivity contribution in [1.29, 1.82) is 0 Å². The van der Waals surface area contributed by atoms with E-state index in [-0.39, 0.29) is 10.6 Å². The standard InChI is InChI=1S/C15H14N2O4S2/c18-17(19)12-6-8-13(9-7-12)23(20,21)16-10-3-11-22-15-5-2-1-4-14(15)16/h1-2,4-9H,3,10-11H2. The van der Waals surface area contributed by atoms with E-state index in [1.54, 1.807) is 17.8 Å². The van der Waals surface area contributed by atoms with Gasteiger partial charge in [0.05, 0.1) is 15.5 Å². The number of hydrogen-bond acceptors (Lipinski definition) is 5. The summed E-state index contributed by atoms with van der Waals surface area (Å²) in [7, 11) is -3.74. The van der Waals surface area contributed by atoms with Crippen LogP contribution in [-0.2, 0) is 10.0 Å². The summed E-state index contributed by atoms with van der Waals surface area (Å²) in [6, 6.07) is 12.4. The number of para-hydroxylation sites is 1. The first kappa shape index (κ1) is 15.8. The van der Waals surface area contributed by atoms with Gasteiger partial charge in [-0.3, -0.25) is 14.4 Å². The predicted octanol–water partition coefficient (Wildman–Crippen LogP) is 3.29. The van der Waals surface area contributed by atoms with E-state index >= 15 is 0 Å². The lowest BCUT2D eigenvalue weighted by Crippen LogP contribution is -2.31. The Bertz CT molecular complexity index is 835. The molecule has 0 unspecified atom stereocenters. The molecule has 2 aromatic carbocycles. The summed E-state index contributed by atoms with van der Waals surface area (Å²) in [6.45, 7) is 0.392. The molecular formula is C15H14N2O4S2. The van der Waals surface area contributed by atoms with Gasteiger partial charge in [-0.25, -0.2) is 8.42 Å². The molecule has 0 amide bonds. The second kappa shape index (κ2) is 6.21. The molecule has 0 spiro atoms. The van der Waals surface area contributed by atoms with Crippen LogP contribution in [0, 0.1) is 10.1 Å². The fourth-order valence-corrected chi connectivity index (χ4v) is 4.99. The lowest BCUT2D eigenvalue weighted by molar-refractivity contribution is -0.384. The van der Waals surface area contributed by atoms with E-state index < -0.39 is 14.9 Å². The van der Waals surface area contributed by atoms with Gasteiger partial charge in [-0.15, -0.1) is 11.8 Å². The maximum atomic E-state index is 12.9. The van der Waals surface area contributed by atoms with Crippen molar-refractivity contribution >= 4 is 33.2 Å². The van der Waals surface area contributed by atoms with Crippen LogP contribution in [0.3, 0.4) is 0 Å². The number of non-ortho nitro benzene ring substituents is 1. The Morgan fingerprint density at radius 3 is 2.48 bits per heavy atom. The smallest absolute Gasteiger partial charge is 0.265 e. The number of thioether (sulfide) groups is 1. The zero-order valence-corrected chi connectivity index (χ0v) is 13.7. The van der Waals surface area contributed by atoms with E-state index in [0.717, 1.165) is 17.1 Å². The van der Waals surface area contributed by atoms with Gasteiger partial charge < -0.3 is 0 Å². The van der Waals surface area contributed by atoms with E-state index in [4.69, 9.17) is 0 Å². The number of hydrogen-bond donors (Lipinski definition) is 0. The molecule has 1 heterocycles. The third-order valence-electron chi connectivity index (χ3n) is 3.53. The second-order valence-electron chi connectivity index (χ2n) is 5.00. The summed E-state index contributed by atoms with van der Waals surface area (Å²) >= 11 is 1.64. The topological polar surface area (TPSA) is 80.5 Å². The van der Waals surface area contributed by atoms with Gasteiger partial charge in [-0.05, 0) is 36.4 Å². The maximum absolute atomic E-state index is 12.9. The molecule has 8 heteroatoms. The summed E-state index contributed by atoms with van der Waals surface area (Å²) in [4.78, 5) is 11.2. The van der Waals surface area contributed by atoms with Gasteiger partial charge >= 0.3 is 0 Å². The Morgan fingerprint density at radius 2 is 1.78 bits per heavy atom. The summed E-state index contributed by atoms with van der Waals surface area (Å²) in [6.07, 6.45) is 0.742. The van der Waals surface area contributed by atoms with Crippen LogP contribution in [0.15, 0.2) is 58.3 Å². The molecule has 120 valence electrons. The summed E-state index contributed by atoms with van der Waals surface area (Å²) < 4.78 is 27.3. The number of nitrogens with zero attached hydrogens (tertiary/aromatic N) is 2. The van der Waals surface area contributed by atoms with Crippen LogP contribution in [0.2, 0.25) is 0 Å². The molecular weight excluding hydrogens is 336 g/mol. The Kier molecular flexibility index (Phi) is 4.27. The molecule has 0 atom stereocenters. The van der Waals surface area contributed by atoms with E-state index in [0.29, 0.717) is 12.2 Å². The predicted molar refractivity (Wildman–Crippen MR) is 89.4 cm³/mol. The van der Waals surface area contributed by atoms with Crippen molar-refractivity contribution in [1.82, 2.24) is 0 Å². The van der Waals surface area contributed by atoms with Crippen molar-refractivity contribution < 1.29 is 13.3 Å². The lowest BCUT2D eigenvalue weighted by atomic mass is 10.3. The number of fused-ring (bicyclic) bond motifs is 1. The number of rotatable bonds is 3. The maximum Gasteiger partial charge on any atom is 0.269 e. The average molecular weight is 350 g/mol. The molecule has 0 fully saturated rings. The number of benzene rings is 2. The van der Waals surface area contributed by atoms with Gasteiger partial charge in [0.2, 0.25) is 0 Å². The Labute approximate surface area is 138 Å². The van der Waals surface area contributed by atoms with Crippen molar-refractivity contribution in [3.63, 3.8) is 0 Å². The molecule has 0 N–H and O–H groups in total. The first-order valence-electron chi connectivity index (χ1n) is 6.99. The zero-order chi connectivity index (χ0) is 16.4. The number of nitro groups is 1. The molecule has 0 bridgehead atoms. The largest absolute Gasteiger partial charge is 0.269 e. The summed E-state index contributed by atoms with van der Waals surface area (Å²) in [5.41, 5.74) is 0.532. The van der Waals surface area contributed by atoms with Crippen LogP contribution in [0.5, 0.6) is 0 Å². The molecule has 23 heavy (non-hydrogen) atoms. The van der Waals surface area contributed by atoms with Gasteiger partial charge in [0.1, 0.15) is 0 Å². The molecule has 1 aliphatic heterocycles. The normalized spacial score (nSPS) is 14.9. The van der Waals surface area contributed by atoms with Crippen LogP contribution in [0.4, 0.5) is 11.4 Å². The average Bonchev–Trinajstić information content (AvgIpc) is 2.77. The fourth-order valence-electron chi connectivity index (χ4n) is 2.41. The molecule has 0 saturated carbocycles. The van der Waals surface area contributed by atoms with Crippen LogP contribution >= 0.6 is 11.8 Å². The third-order valence-corrected chi connectivity index (χ3v) is 6.51. The third kappa shape index (κ3) is 3.04. The molecule has 0 aliphatic carbocycles. The summed E-state index contributed by atoms with van der Waals surface area (Å²) in [5, 5.41) is 10.7. The highest BCUT2D eigenvalue weighted by molar-refractivity contribution is 7.99. The van der Waals surface area contributed by atoms with Gasteiger partial charge in [-0.1, -0.05) is 12.1 Å². The van der Waals surface area contributed by atoms with Gasteiger partial charge in [-0.2, -0.15) is 0 Å². The summed E-state index contributed by atoms with van der Waals surface area (Å²) in [5.74, 6) is 0.850. The van der Waals surface area contributed by atoms with E-state index in [1.165, 1.54) is 28.6 Å². The van der Waals surface area contributed by atoms with Crippen molar-refractivity contribution in [3.8, 4) is 0 Å². The minimum Gasteiger partial charge on any atom is -0.265 e. The van der Waals surface area contributed by atoms with Crippen molar-refractivity contribution in [2.24, 2.45) is 0 Å². The van der Waals surface area contributed by atoms with Crippen molar-refractivity contribution in [2.45, 2.75) is 16.2 Å².